The number of anilines is 2. The van der Waals surface area contributed by atoms with Gasteiger partial charge < -0.3 is 19.4 Å². The van der Waals surface area contributed by atoms with Gasteiger partial charge >= 0.3 is 0 Å². The van der Waals surface area contributed by atoms with Crippen LogP contribution in [-0.2, 0) is 9.59 Å². The molecule has 5 amide bonds. The highest BCUT2D eigenvalue weighted by molar-refractivity contribution is 6.31. The van der Waals surface area contributed by atoms with E-state index in [1.165, 1.54) is 0 Å². The fraction of sp³-hybridized carbons (Fsp3) is 0.455. The number of ether oxygens (including phenoxy) is 1. The summed E-state index contributed by atoms with van der Waals surface area (Å²) < 4.78 is 6.27. The molecule has 5 saturated heterocycles. The van der Waals surface area contributed by atoms with Crippen LogP contribution in [0.15, 0.2) is 60.7 Å². The van der Waals surface area contributed by atoms with E-state index in [0.29, 0.717) is 33.4 Å². The quantitative estimate of drug-likeness (QED) is 0.313. The van der Waals surface area contributed by atoms with Crippen LogP contribution >= 0.6 is 11.6 Å². The number of halogens is 1. The number of carbonyl (C=O) groups is 5. The van der Waals surface area contributed by atoms with E-state index in [0.717, 1.165) is 106 Å². The zero-order valence-corrected chi connectivity index (χ0v) is 33.0. The van der Waals surface area contributed by atoms with Crippen molar-refractivity contribution in [2.75, 3.05) is 55.6 Å². The van der Waals surface area contributed by atoms with Crippen LogP contribution in [0.2, 0.25) is 5.02 Å². The van der Waals surface area contributed by atoms with E-state index >= 15 is 0 Å². The molecule has 1 unspecified atom stereocenters. The van der Waals surface area contributed by atoms with Crippen LogP contribution in [0, 0.1) is 17.2 Å². The average Bonchev–Trinajstić information content (AvgIpc) is 3.65. The van der Waals surface area contributed by atoms with Gasteiger partial charge in [-0.1, -0.05) is 11.6 Å². The fourth-order valence-electron chi connectivity index (χ4n) is 9.95. The second-order valence-electron chi connectivity index (χ2n) is 16.5. The summed E-state index contributed by atoms with van der Waals surface area (Å²) in [6.45, 7) is 6.54. The molecule has 6 heterocycles. The molecule has 0 spiro atoms. The minimum absolute atomic E-state index is 0.0000691. The van der Waals surface area contributed by atoms with Crippen molar-refractivity contribution in [1.82, 2.24) is 20.0 Å². The molecule has 0 saturated carbocycles. The number of nitrogens with one attached hydrogen (secondary N) is 1. The molecule has 6 aliphatic heterocycles. The monoisotopic (exact) mass is 803 g/mol. The van der Waals surface area contributed by atoms with Crippen LogP contribution in [0.3, 0.4) is 0 Å². The summed E-state index contributed by atoms with van der Waals surface area (Å²) in [6.07, 6.45) is 5.78. The first-order chi connectivity index (χ1) is 28.1. The van der Waals surface area contributed by atoms with Crippen molar-refractivity contribution in [3.8, 4) is 11.8 Å². The van der Waals surface area contributed by atoms with E-state index in [9.17, 15) is 29.2 Å². The molecule has 9 rings (SSSR count). The summed E-state index contributed by atoms with van der Waals surface area (Å²) in [4.78, 5) is 74.6. The minimum Gasteiger partial charge on any atom is -0.490 e. The standard InChI is InChI=1S/C44H46ClN7O6/c45-38-24-34(9-3-29(38)25-46)58-35-21-32-6-7-33(22-35)51(32)42(55)28-1-4-30(5-2-28)50-19-17-48(18-20-50)26-27-13-15-49(16-14-27)31-8-10-36-37(23-31)44(57)52(43(36)56)39-11-12-40(53)47-41(39)54/h1-5,8-10,23-24,27,32-33,35,39H,6-7,11-22,26H2,(H,47,53,54)/t32-,33+,35+,39?. The van der Waals surface area contributed by atoms with Gasteiger partial charge in [0, 0.05) is 100 Å². The largest absolute Gasteiger partial charge is 0.490 e. The molecule has 5 fully saturated rings. The van der Waals surface area contributed by atoms with Gasteiger partial charge in [0.05, 0.1) is 21.7 Å². The molecule has 0 aromatic heterocycles. The summed E-state index contributed by atoms with van der Waals surface area (Å²) in [7, 11) is 0. The molecule has 3 aromatic carbocycles. The Bertz CT molecular complexity index is 2180. The first kappa shape index (κ1) is 38.1. The van der Waals surface area contributed by atoms with Crippen molar-refractivity contribution < 1.29 is 28.7 Å². The zero-order valence-electron chi connectivity index (χ0n) is 32.3. The minimum atomic E-state index is -0.969. The fourth-order valence-corrected chi connectivity index (χ4v) is 10.2. The highest BCUT2D eigenvalue weighted by Crippen LogP contribution is 2.39. The van der Waals surface area contributed by atoms with Crippen molar-refractivity contribution in [1.29, 1.82) is 5.26 Å². The summed E-state index contributed by atoms with van der Waals surface area (Å²) >= 11 is 6.22. The summed E-state index contributed by atoms with van der Waals surface area (Å²) in [5.74, 6) is -0.646. The number of amides is 5. The van der Waals surface area contributed by atoms with Crippen LogP contribution in [-0.4, -0.2) is 114 Å². The normalized spacial score (nSPS) is 25.2. The first-order valence-electron chi connectivity index (χ1n) is 20.5. The molecule has 3 aromatic rings. The number of fused-ring (bicyclic) bond motifs is 3. The lowest BCUT2D eigenvalue weighted by atomic mass is 9.95. The lowest BCUT2D eigenvalue weighted by Crippen LogP contribution is -2.54. The summed E-state index contributed by atoms with van der Waals surface area (Å²) in [6, 6.07) is 20.0. The van der Waals surface area contributed by atoms with E-state index in [-0.39, 0.29) is 42.8 Å². The third-order valence-electron chi connectivity index (χ3n) is 13.1. The second kappa shape index (κ2) is 15.7. The Hall–Kier alpha value is -5.45. The molecule has 1 N–H and O–H groups in total. The molecule has 14 heteroatoms. The Morgan fingerprint density at radius 3 is 2.12 bits per heavy atom. The van der Waals surface area contributed by atoms with E-state index in [4.69, 9.17) is 16.3 Å². The van der Waals surface area contributed by atoms with Gasteiger partial charge in [-0.3, -0.25) is 39.1 Å². The lowest BCUT2D eigenvalue weighted by molar-refractivity contribution is -0.136. The van der Waals surface area contributed by atoms with Crippen molar-refractivity contribution in [2.24, 2.45) is 5.92 Å². The van der Waals surface area contributed by atoms with Gasteiger partial charge in [-0.2, -0.15) is 5.26 Å². The smallest absolute Gasteiger partial charge is 0.262 e. The molecule has 0 aliphatic carbocycles. The molecule has 4 atom stereocenters. The van der Waals surface area contributed by atoms with Crippen LogP contribution in [0.4, 0.5) is 11.4 Å². The first-order valence-corrected chi connectivity index (χ1v) is 20.9. The predicted molar refractivity (Wildman–Crippen MR) is 216 cm³/mol. The number of hydrogen-bond acceptors (Lipinski definition) is 10. The Labute approximate surface area is 342 Å². The number of nitrogens with zero attached hydrogens (tertiary/aromatic N) is 6. The summed E-state index contributed by atoms with van der Waals surface area (Å²) in [5, 5.41) is 11.8. The van der Waals surface area contributed by atoms with Gasteiger partial charge in [-0.05, 0) is 92.6 Å². The van der Waals surface area contributed by atoms with Crippen LogP contribution in [0.1, 0.15) is 88.0 Å². The SMILES string of the molecule is N#Cc1ccc(O[C@H]2C[C@H]3CC[C@@H](C2)N3C(=O)c2ccc(N3CCN(CC4CCN(c5ccc6c(c5)C(=O)N(C5CCC(=O)NC5=O)C6=O)CC4)CC3)cc2)cc1Cl. The number of benzene rings is 3. The Morgan fingerprint density at radius 1 is 0.776 bits per heavy atom. The summed E-state index contributed by atoms with van der Waals surface area (Å²) in [5.41, 5.74) is 3.80. The number of piperidine rings is 3. The predicted octanol–water partition coefficient (Wildman–Crippen LogP) is 4.87. The number of piperazine rings is 1. The highest BCUT2D eigenvalue weighted by Gasteiger charge is 2.46. The van der Waals surface area contributed by atoms with E-state index in [2.05, 4.69) is 43.1 Å². The van der Waals surface area contributed by atoms with Crippen molar-refractivity contribution in [2.45, 2.75) is 75.6 Å². The van der Waals surface area contributed by atoms with Crippen LogP contribution in [0.25, 0.3) is 0 Å². The topological polar surface area (TPSA) is 147 Å². The molecule has 2 bridgehead atoms. The number of nitriles is 1. The number of rotatable bonds is 8. The van der Waals surface area contributed by atoms with Crippen molar-refractivity contribution in [3.05, 3.63) is 87.9 Å². The molecule has 0 radical (unpaired) electrons. The molecular weight excluding hydrogens is 758 g/mol. The van der Waals surface area contributed by atoms with Crippen molar-refractivity contribution >= 4 is 52.5 Å². The molecule has 300 valence electrons. The number of carbonyl (C=O) groups excluding carboxylic acids is 5. The third kappa shape index (κ3) is 7.28. The van der Waals surface area contributed by atoms with Gasteiger partial charge in [0.15, 0.2) is 0 Å². The molecule has 6 aliphatic rings. The molecule has 58 heavy (non-hydrogen) atoms. The van der Waals surface area contributed by atoms with Crippen LogP contribution in [0.5, 0.6) is 5.75 Å². The molecule has 13 nitrogen and oxygen atoms in total. The van der Waals surface area contributed by atoms with E-state index in [1.54, 1.807) is 30.3 Å². The van der Waals surface area contributed by atoms with E-state index < -0.39 is 23.8 Å². The van der Waals surface area contributed by atoms with Crippen LogP contribution < -0.4 is 19.9 Å². The lowest BCUT2D eigenvalue weighted by Gasteiger charge is -2.40. The zero-order chi connectivity index (χ0) is 40.1. The highest BCUT2D eigenvalue weighted by atomic mass is 35.5. The van der Waals surface area contributed by atoms with Gasteiger partial charge in [0.25, 0.3) is 17.7 Å². The average molecular weight is 804 g/mol. The maximum absolute atomic E-state index is 13.8. The maximum Gasteiger partial charge on any atom is 0.262 e. The Morgan fingerprint density at radius 2 is 1.45 bits per heavy atom. The third-order valence-corrected chi connectivity index (χ3v) is 13.4. The van der Waals surface area contributed by atoms with Gasteiger partial charge in [0.1, 0.15) is 24.0 Å². The van der Waals surface area contributed by atoms with Gasteiger partial charge in [0.2, 0.25) is 11.8 Å². The Balaban J connectivity index is 0.730. The molecular formula is C44H46ClN7O6. The number of imide groups is 2. The maximum atomic E-state index is 13.8. The Kier molecular flexibility index (Phi) is 10.3. The van der Waals surface area contributed by atoms with Crippen molar-refractivity contribution in [3.63, 3.8) is 0 Å². The van der Waals surface area contributed by atoms with Gasteiger partial charge in [-0.25, -0.2) is 0 Å². The van der Waals surface area contributed by atoms with Gasteiger partial charge in [-0.15, -0.1) is 0 Å². The number of hydrogen-bond donors (Lipinski definition) is 1. The second-order valence-corrected chi connectivity index (χ2v) is 16.9. The van der Waals surface area contributed by atoms with E-state index in [1.807, 2.05) is 18.2 Å².